The molecule has 0 radical (unpaired) electrons. The van der Waals surface area contributed by atoms with Crippen molar-refractivity contribution in [1.29, 1.82) is 0 Å². The molecule has 2 aromatic rings. The Bertz CT molecular complexity index is 464. The molecule has 17 heavy (non-hydrogen) atoms. The van der Waals surface area contributed by atoms with E-state index in [9.17, 15) is 9.50 Å². The molecule has 90 valence electrons. The number of rotatable bonds is 4. The van der Waals surface area contributed by atoms with Crippen LogP contribution in [-0.2, 0) is 6.54 Å². The van der Waals surface area contributed by atoms with Gasteiger partial charge in [0.05, 0.1) is 0 Å². The van der Waals surface area contributed by atoms with Gasteiger partial charge in [-0.05, 0) is 36.1 Å². The molecule has 0 aliphatic carbocycles. The van der Waals surface area contributed by atoms with E-state index in [1.165, 1.54) is 10.9 Å². The SMILES string of the molecule is C[C@H](NCc1cc(O)cc(F)c1)c1cccs1. The average molecular weight is 251 g/mol. The number of hydrogen-bond donors (Lipinski definition) is 2. The fraction of sp³-hybridized carbons (Fsp3) is 0.231. The zero-order valence-corrected chi connectivity index (χ0v) is 10.3. The van der Waals surface area contributed by atoms with Crippen molar-refractivity contribution in [3.63, 3.8) is 0 Å². The van der Waals surface area contributed by atoms with Gasteiger partial charge in [0.25, 0.3) is 0 Å². The van der Waals surface area contributed by atoms with Crippen LogP contribution < -0.4 is 5.32 Å². The Kier molecular flexibility index (Phi) is 3.76. The number of phenols is 1. The van der Waals surface area contributed by atoms with Gasteiger partial charge in [0.15, 0.2) is 0 Å². The molecular weight excluding hydrogens is 237 g/mol. The molecular formula is C13H14FNOS. The molecule has 0 aliphatic rings. The lowest BCUT2D eigenvalue weighted by Crippen LogP contribution is -2.17. The molecule has 0 aliphatic heterocycles. The lowest BCUT2D eigenvalue weighted by atomic mass is 10.2. The third-order valence-corrected chi connectivity index (χ3v) is 3.58. The number of nitrogens with one attached hydrogen (secondary N) is 1. The van der Waals surface area contributed by atoms with E-state index < -0.39 is 5.82 Å². The van der Waals surface area contributed by atoms with Crippen LogP contribution in [0, 0.1) is 5.82 Å². The van der Waals surface area contributed by atoms with E-state index in [2.05, 4.69) is 18.3 Å². The first-order valence-electron chi connectivity index (χ1n) is 5.40. The van der Waals surface area contributed by atoms with Gasteiger partial charge in [0.2, 0.25) is 0 Å². The van der Waals surface area contributed by atoms with Crippen molar-refractivity contribution >= 4 is 11.3 Å². The molecule has 0 saturated carbocycles. The van der Waals surface area contributed by atoms with Crippen LogP contribution in [0.5, 0.6) is 5.75 Å². The molecule has 1 heterocycles. The molecule has 0 bridgehead atoms. The maximum Gasteiger partial charge on any atom is 0.127 e. The average Bonchev–Trinajstić information content (AvgIpc) is 2.78. The third-order valence-electron chi connectivity index (χ3n) is 2.52. The second kappa shape index (κ2) is 5.29. The predicted octanol–water partition coefficient (Wildman–Crippen LogP) is 3.44. The first kappa shape index (κ1) is 12.1. The first-order chi connectivity index (χ1) is 8.15. The maximum absolute atomic E-state index is 13.0. The lowest BCUT2D eigenvalue weighted by molar-refractivity contribution is 0.466. The summed E-state index contributed by atoms with van der Waals surface area (Å²) in [4.78, 5) is 1.24. The molecule has 2 nitrogen and oxygen atoms in total. The quantitative estimate of drug-likeness (QED) is 0.872. The second-order valence-electron chi connectivity index (χ2n) is 3.94. The van der Waals surface area contributed by atoms with E-state index in [4.69, 9.17) is 0 Å². The van der Waals surface area contributed by atoms with E-state index in [0.717, 1.165) is 11.6 Å². The Morgan fingerprint density at radius 3 is 2.88 bits per heavy atom. The zero-order valence-electron chi connectivity index (χ0n) is 9.48. The normalized spacial score (nSPS) is 12.6. The van der Waals surface area contributed by atoms with Crippen LogP contribution in [0.3, 0.4) is 0 Å². The maximum atomic E-state index is 13.0. The molecule has 1 aromatic carbocycles. The highest BCUT2D eigenvalue weighted by Gasteiger charge is 2.06. The van der Waals surface area contributed by atoms with Gasteiger partial charge in [-0.2, -0.15) is 0 Å². The molecule has 4 heteroatoms. The summed E-state index contributed by atoms with van der Waals surface area (Å²) >= 11 is 1.69. The summed E-state index contributed by atoms with van der Waals surface area (Å²) < 4.78 is 13.0. The van der Waals surface area contributed by atoms with E-state index in [1.54, 1.807) is 17.4 Å². The van der Waals surface area contributed by atoms with Crippen LogP contribution in [0.15, 0.2) is 35.7 Å². The number of phenolic OH excluding ortho intramolecular Hbond substituents is 1. The number of thiophene rings is 1. The summed E-state index contributed by atoms with van der Waals surface area (Å²) in [6.45, 7) is 2.59. The standard InChI is InChI=1S/C13H14FNOS/c1-9(13-3-2-4-17-13)15-8-10-5-11(14)7-12(16)6-10/h2-7,9,15-16H,8H2,1H3/t9-/m0/s1. The summed E-state index contributed by atoms with van der Waals surface area (Å²) in [5, 5.41) is 14.6. The van der Waals surface area contributed by atoms with Gasteiger partial charge >= 0.3 is 0 Å². The van der Waals surface area contributed by atoms with Crippen molar-refractivity contribution in [3.05, 3.63) is 52.0 Å². The summed E-state index contributed by atoms with van der Waals surface area (Å²) in [7, 11) is 0. The van der Waals surface area contributed by atoms with Crippen LogP contribution in [0.2, 0.25) is 0 Å². The summed E-state index contributed by atoms with van der Waals surface area (Å²) in [6.07, 6.45) is 0. The van der Waals surface area contributed by atoms with Gasteiger partial charge in [0, 0.05) is 23.5 Å². The molecule has 2 N–H and O–H groups in total. The van der Waals surface area contributed by atoms with E-state index in [0.29, 0.717) is 6.54 Å². The Balaban J connectivity index is 1.98. The summed E-state index contributed by atoms with van der Waals surface area (Å²) in [5.41, 5.74) is 0.742. The molecule has 1 atom stereocenters. The Morgan fingerprint density at radius 2 is 2.24 bits per heavy atom. The van der Waals surface area contributed by atoms with Crippen LogP contribution in [0.1, 0.15) is 23.4 Å². The largest absolute Gasteiger partial charge is 0.508 e. The fourth-order valence-corrected chi connectivity index (χ4v) is 2.40. The summed E-state index contributed by atoms with van der Waals surface area (Å²) in [5.74, 6) is -0.448. The number of aromatic hydroxyl groups is 1. The molecule has 0 spiro atoms. The van der Waals surface area contributed by atoms with Crippen molar-refractivity contribution in [3.8, 4) is 5.75 Å². The van der Waals surface area contributed by atoms with E-state index >= 15 is 0 Å². The zero-order chi connectivity index (χ0) is 12.3. The van der Waals surface area contributed by atoms with Crippen LogP contribution in [0.25, 0.3) is 0 Å². The minimum atomic E-state index is -0.412. The molecule has 0 fully saturated rings. The minimum absolute atomic E-state index is 0.0365. The Labute approximate surface area is 104 Å². The van der Waals surface area contributed by atoms with Crippen molar-refractivity contribution in [2.75, 3.05) is 0 Å². The van der Waals surface area contributed by atoms with E-state index in [1.807, 2.05) is 11.4 Å². The van der Waals surface area contributed by atoms with Gasteiger partial charge < -0.3 is 10.4 Å². The number of benzene rings is 1. The second-order valence-corrected chi connectivity index (χ2v) is 4.91. The van der Waals surface area contributed by atoms with Gasteiger partial charge in [-0.1, -0.05) is 6.07 Å². The predicted molar refractivity (Wildman–Crippen MR) is 67.6 cm³/mol. The lowest BCUT2D eigenvalue weighted by Gasteiger charge is -2.12. The van der Waals surface area contributed by atoms with Crippen LogP contribution in [-0.4, -0.2) is 5.11 Å². The van der Waals surface area contributed by atoms with E-state index in [-0.39, 0.29) is 11.8 Å². The number of hydrogen-bond acceptors (Lipinski definition) is 3. The monoisotopic (exact) mass is 251 g/mol. The van der Waals surface area contributed by atoms with Crippen molar-refractivity contribution in [2.24, 2.45) is 0 Å². The molecule has 1 aromatic heterocycles. The van der Waals surface area contributed by atoms with Crippen molar-refractivity contribution in [1.82, 2.24) is 5.32 Å². The summed E-state index contributed by atoms with van der Waals surface area (Å²) in [6, 6.07) is 8.38. The Hall–Kier alpha value is -1.39. The van der Waals surface area contributed by atoms with Gasteiger partial charge in [-0.25, -0.2) is 4.39 Å². The topological polar surface area (TPSA) is 32.3 Å². The third kappa shape index (κ3) is 3.28. The fourth-order valence-electron chi connectivity index (χ4n) is 1.64. The number of halogens is 1. The minimum Gasteiger partial charge on any atom is -0.508 e. The highest BCUT2D eigenvalue weighted by atomic mass is 32.1. The van der Waals surface area contributed by atoms with Crippen LogP contribution in [0.4, 0.5) is 4.39 Å². The van der Waals surface area contributed by atoms with Crippen molar-refractivity contribution in [2.45, 2.75) is 19.5 Å². The van der Waals surface area contributed by atoms with Gasteiger partial charge in [-0.15, -0.1) is 11.3 Å². The van der Waals surface area contributed by atoms with Gasteiger partial charge in [0.1, 0.15) is 11.6 Å². The first-order valence-corrected chi connectivity index (χ1v) is 6.28. The molecule has 2 rings (SSSR count). The molecule has 0 unspecified atom stereocenters. The smallest absolute Gasteiger partial charge is 0.127 e. The highest BCUT2D eigenvalue weighted by Crippen LogP contribution is 2.19. The van der Waals surface area contributed by atoms with Gasteiger partial charge in [-0.3, -0.25) is 0 Å². The Morgan fingerprint density at radius 1 is 1.41 bits per heavy atom. The molecule has 0 amide bonds. The van der Waals surface area contributed by atoms with Crippen molar-refractivity contribution < 1.29 is 9.50 Å². The molecule has 0 saturated heterocycles. The highest BCUT2D eigenvalue weighted by molar-refractivity contribution is 7.10. The van der Waals surface area contributed by atoms with Crippen LogP contribution >= 0.6 is 11.3 Å².